The van der Waals surface area contributed by atoms with Crippen molar-refractivity contribution in [2.24, 2.45) is 5.92 Å². The van der Waals surface area contributed by atoms with E-state index in [1.165, 1.54) is 0 Å². The van der Waals surface area contributed by atoms with Crippen molar-refractivity contribution in [3.05, 3.63) is 30.3 Å². The fourth-order valence-corrected chi connectivity index (χ4v) is 3.48. The van der Waals surface area contributed by atoms with Gasteiger partial charge in [0.1, 0.15) is 0 Å². The number of rotatable bonds is 4. The third-order valence-corrected chi connectivity index (χ3v) is 4.82. The van der Waals surface area contributed by atoms with Gasteiger partial charge in [0.2, 0.25) is 0 Å². The molecule has 0 bridgehead atoms. The molecule has 1 atom stereocenters. The van der Waals surface area contributed by atoms with Crippen LogP contribution in [0.15, 0.2) is 35.2 Å². The average Bonchev–Trinajstić information content (AvgIpc) is 2.81. The van der Waals surface area contributed by atoms with Crippen LogP contribution in [-0.2, 0) is 9.84 Å². The lowest BCUT2D eigenvalue weighted by Crippen LogP contribution is -2.14. The summed E-state index contributed by atoms with van der Waals surface area (Å²) in [7, 11) is -3.08. The van der Waals surface area contributed by atoms with Crippen molar-refractivity contribution < 1.29 is 8.42 Å². The molecule has 0 amide bonds. The molecule has 0 aliphatic carbocycles. The van der Waals surface area contributed by atoms with Gasteiger partial charge < -0.3 is 5.32 Å². The summed E-state index contributed by atoms with van der Waals surface area (Å²) >= 11 is 0. The van der Waals surface area contributed by atoms with Crippen LogP contribution in [0, 0.1) is 5.92 Å². The van der Waals surface area contributed by atoms with E-state index in [1.54, 1.807) is 24.3 Å². The van der Waals surface area contributed by atoms with Crippen molar-refractivity contribution >= 4 is 9.84 Å². The lowest BCUT2D eigenvalue weighted by molar-refractivity contribution is 0.545. The first-order valence-electron chi connectivity index (χ1n) is 5.67. The Hall–Kier alpha value is -0.870. The molecule has 3 nitrogen and oxygen atoms in total. The molecular formula is C12H17NO2S. The van der Waals surface area contributed by atoms with Gasteiger partial charge >= 0.3 is 0 Å². The summed E-state index contributed by atoms with van der Waals surface area (Å²) < 4.78 is 23.9. The predicted octanol–water partition coefficient (Wildman–Crippen LogP) is 1.46. The zero-order valence-electron chi connectivity index (χ0n) is 9.22. The first kappa shape index (κ1) is 11.6. The molecule has 2 rings (SSSR count). The molecular weight excluding hydrogens is 222 g/mol. The monoisotopic (exact) mass is 239 g/mol. The number of nitrogens with one attached hydrogen (secondary N) is 1. The highest BCUT2D eigenvalue weighted by molar-refractivity contribution is 7.91. The Morgan fingerprint density at radius 1 is 1.25 bits per heavy atom. The highest BCUT2D eigenvalue weighted by atomic mass is 32.2. The number of hydrogen-bond acceptors (Lipinski definition) is 3. The molecule has 0 aromatic heterocycles. The third-order valence-electron chi connectivity index (χ3n) is 3.06. The molecule has 0 saturated carbocycles. The molecule has 4 heteroatoms. The quantitative estimate of drug-likeness (QED) is 0.865. The lowest BCUT2D eigenvalue weighted by atomic mass is 10.1. The maximum Gasteiger partial charge on any atom is 0.178 e. The second-order valence-corrected chi connectivity index (χ2v) is 6.39. The molecule has 1 fully saturated rings. The molecule has 1 N–H and O–H groups in total. The second-order valence-electron chi connectivity index (χ2n) is 4.28. The van der Waals surface area contributed by atoms with E-state index in [1.807, 2.05) is 6.07 Å². The summed E-state index contributed by atoms with van der Waals surface area (Å²) in [4.78, 5) is 0.445. The summed E-state index contributed by atoms with van der Waals surface area (Å²) in [6.45, 7) is 1.99. The van der Waals surface area contributed by atoms with Crippen LogP contribution in [-0.4, -0.2) is 27.3 Å². The maximum absolute atomic E-state index is 12.0. The van der Waals surface area contributed by atoms with E-state index in [0.29, 0.717) is 10.8 Å². The van der Waals surface area contributed by atoms with E-state index in [2.05, 4.69) is 5.32 Å². The molecule has 1 saturated heterocycles. The molecule has 88 valence electrons. The first-order valence-corrected chi connectivity index (χ1v) is 7.32. The average molecular weight is 239 g/mol. The Balaban J connectivity index is 1.98. The standard InChI is InChI=1S/C12H17NO2S/c14-16(15,12-4-2-1-3-5-12)9-7-11-6-8-13-10-11/h1-5,11,13H,6-10H2. The minimum absolute atomic E-state index is 0.267. The minimum atomic E-state index is -3.08. The van der Waals surface area contributed by atoms with Gasteiger partial charge in [0.15, 0.2) is 9.84 Å². The lowest BCUT2D eigenvalue weighted by Gasteiger charge is -2.08. The van der Waals surface area contributed by atoms with Gasteiger partial charge in [-0.1, -0.05) is 18.2 Å². The molecule has 1 aliphatic rings. The van der Waals surface area contributed by atoms with Gasteiger partial charge in [0, 0.05) is 0 Å². The van der Waals surface area contributed by atoms with E-state index in [0.717, 1.165) is 25.9 Å². The zero-order valence-corrected chi connectivity index (χ0v) is 10.0. The molecule has 16 heavy (non-hydrogen) atoms. The van der Waals surface area contributed by atoms with Crippen LogP contribution in [0.2, 0.25) is 0 Å². The summed E-state index contributed by atoms with van der Waals surface area (Å²) in [5.74, 6) is 0.794. The first-order chi connectivity index (χ1) is 7.68. The molecule has 1 aromatic carbocycles. The SMILES string of the molecule is O=S(=O)(CCC1CCNC1)c1ccccc1. The molecule has 1 unspecified atom stereocenters. The Bertz CT molecular complexity index is 422. The van der Waals surface area contributed by atoms with Crippen LogP contribution < -0.4 is 5.32 Å². The van der Waals surface area contributed by atoms with Crippen LogP contribution in [0.25, 0.3) is 0 Å². The van der Waals surface area contributed by atoms with Gasteiger partial charge in [-0.15, -0.1) is 0 Å². The van der Waals surface area contributed by atoms with Crippen LogP contribution in [0.1, 0.15) is 12.8 Å². The van der Waals surface area contributed by atoms with Gasteiger partial charge in [-0.25, -0.2) is 8.42 Å². The van der Waals surface area contributed by atoms with Crippen molar-refractivity contribution in [1.29, 1.82) is 0 Å². The Morgan fingerprint density at radius 2 is 2.00 bits per heavy atom. The van der Waals surface area contributed by atoms with Gasteiger partial charge in [-0.05, 0) is 44.0 Å². The van der Waals surface area contributed by atoms with Gasteiger partial charge in [-0.2, -0.15) is 0 Å². The van der Waals surface area contributed by atoms with Crippen molar-refractivity contribution in [3.8, 4) is 0 Å². The number of hydrogen-bond donors (Lipinski definition) is 1. The summed E-state index contributed by atoms with van der Waals surface area (Å²) in [6, 6.07) is 8.71. The van der Waals surface area contributed by atoms with Crippen LogP contribution >= 0.6 is 0 Å². The predicted molar refractivity (Wildman–Crippen MR) is 64.1 cm³/mol. The Kier molecular flexibility index (Phi) is 3.61. The molecule has 1 aromatic rings. The fraction of sp³-hybridized carbons (Fsp3) is 0.500. The van der Waals surface area contributed by atoms with Crippen molar-refractivity contribution in [1.82, 2.24) is 5.32 Å². The van der Waals surface area contributed by atoms with E-state index in [4.69, 9.17) is 0 Å². The van der Waals surface area contributed by atoms with Crippen LogP contribution in [0.5, 0.6) is 0 Å². The third kappa shape index (κ3) is 2.83. The molecule has 1 heterocycles. The van der Waals surface area contributed by atoms with Crippen molar-refractivity contribution in [2.75, 3.05) is 18.8 Å². The smallest absolute Gasteiger partial charge is 0.178 e. The van der Waals surface area contributed by atoms with E-state index < -0.39 is 9.84 Å². The van der Waals surface area contributed by atoms with Gasteiger partial charge in [-0.3, -0.25) is 0 Å². The Morgan fingerprint density at radius 3 is 2.62 bits per heavy atom. The van der Waals surface area contributed by atoms with E-state index in [9.17, 15) is 8.42 Å². The number of benzene rings is 1. The van der Waals surface area contributed by atoms with Crippen molar-refractivity contribution in [2.45, 2.75) is 17.7 Å². The normalized spacial score (nSPS) is 21.1. The Labute approximate surface area is 96.8 Å². The fourth-order valence-electron chi connectivity index (χ4n) is 2.03. The summed E-state index contributed by atoms with van der Waals surface area (Å²) in [6.07, 6.45) is 1.87. The zero-order chi connectivity index (χ0) is 11.4. The molecule has 1 aliphatic heterocycles. The highest BCUT2D eigenvalue weighted by Gasteiger charge is 2.19. The van der Waals surface area contributed by atoms with Gasteiger partial charge in [0.25, 0.3) is 0 Å². The van der Waals surface area contributed by atoms with Gasteiger partial charge in [0.05, 0.1) is 10.6 Å². The summed E-state index contributed by atoms with van der Waals surface area (Å²) in [5.41, 5.74) is 0. The van der Waals surface area contributed by atoms with Crippen LogP contribution in [0.3, 0.4) is 0 Å². The minimum Gasteiger partial charge on any atom is -0.316 e. The topological polar surface area (TPSA) is 46.2 Å². The van der Waals surface area contributed by atoms with E-state index >= 15 is 0 Å². The maximum atomic E-state index is 12.0. The van der Waals surface area contributed by atoms with Crippen LogP contribution in [0.4, 0.5) is 0 Å². The van der Waals surface area contributed by atoms with E-state index in [-0.39, 0.29) is 5.75 Å². The highest BCUT2D eigenvalue weighted by Crippen LogP contribution is 2.17. The van der Waals surface area contributed by atoms with Crippen molar-refractivity contribution in [3.63, 3.8) is 0 Å². The molecule has 0 radical (unpaired) electrons. The second kappa shape index (κ2) is 4.97. The largest absolute Gasteiger partial charge is 0.316 e. The summed E-state index contributed by atoms with van der Waals surface area (Å²) in [5, 5.41) is 3.25. The molecule has 0 spiro atoms. The number of sulfone groups is 1.